The fourth-order valence-corrected chi connectivity index (χ4v) is 1.62. The highest BCUT2D eigenvalue weighted by molar-refractivity contribution is 5.92. The Labute approximate surface area is 87.3 Å². The Bertz CT molecular complexity index is 361. The van der Waals surface area contributed by atoms with E-state index in [4.69, 9.17) is 9.84 Å². The molecule has 0 aliphatic carbocycles. The first kappa shape index (κ1) is 9.92. The van der Waals surface area contributed by atoms with Gasteiger partial charge in [-0.05, 0) is 12.1 Å². The zero-order valence-electron chi connectivity index (χ0n) is 8.22. The maximum absolute atomic E-state index is 10.9. The van der Waals surface area contributed by atoms with E-state index in [1.54, 1.807) is 12.1 Å². The standard InChI is InChI=1S/C10H12N2O3/c13-10(14)9-8(2-1-3-11-9)12-4-6-15-7-5-12/h1-3H,4-7H2,(H,13,14). The van der Waals surface area contributed by atoms with Crippen LogP contribution in [0.1, 0.15) is 10.5 Å². The van der Waals surface area contributed by atoms with E-state index >= 15 is 0 Å². The fraction of sp³-hybridized carbons (Fsp3) is 0.400. The molecule has 1 aromatic rings. The average Bonchev–Trinajstić information content (AvgIpc) is 2.30. The van der Waals surface area contributed by atoms with Crippen molar-refractivity contribution in [3.63, 3.8) is 0 Å². The van der Waals surface area contributed by atoms with Crippen LogP contribution in [0, 0.1) is 0 Å². The number of ether oxygens (including phenoxy) is 1. The van der Waals surface area contributed by atoms with Crippen LogP contribution < -0.4 is 4.90 Å². The highest BCUT2D eigenvalue weighted by atomic mass is 16.5. The van der Waals surface area contributed by atoms with Gasteiger partial charge in [-0.2, -0.15) is 0 Å². The van der Waals surface area contributed by atoms with Crippen molar-refractivity contribution in [2.75, 3.05) is 31.2 Å². The van der Waals surface area contributed by atoms with Crippen molar-refractivity contribution in [2.24, 2.45) is 0 Å². The number of carboxylic acid groups (broad SMARTS) is 1. The molecule has 0 spiro atoms. The van der Waals surface area contributed by atoms with Crippen LogP contribution in [-0.4, -0.2) is 42.4 Å². The number of carbonyl (C=O) groups is 1. The van der Waals surface area contributed by atoms with Gasteiger partial charge in [0.15, 0.2) is 5.69 Å². The van der Waals surface area contributed by atoms with Crippen LogP contribution in [0.15, 0.2) is 18.3 Å². The second kappa shape index (κ2) is 4.27. The van der Waals surface area contributed by atoms with Crippen molar-refractivity contribution in [2.45, 2.75) is 0 Å². The van der Waals surface area contributed by atoms with E-state index in [0.717, 1.165) is 0 Å². The molecule has 0 radical (unpaired) electrons. The molecule has 15 heavy (non-hydrogen) atoms. The van der Waals surface area contributed by atoms with Gasteiger partial charge in [-0.1, -0.05) is 0 Å². The number of rotatable bonds is 2. The van der Waals surface area contributed by atoms with E-state index in [0.29, 0.717) is 32.0 Å². The van der Waals surface area contributed by atoms with Gasteiger partial charge in [-0.3, -0.25) is 0 Å². The molecule has 0 aromatic carbocycles. The van der Waals surface area contributed by atoms with Crippen molar-refractivity contribution in [3.05, 3.63) is 24.0 Å². The monoisotopic (exact) mass is 208 g/mol. The maximum Gasteiger partial charge on any atom is 0.356 e. The van der Waals surface area contributed by atoms with Gasteiger partial charge in [-0.15, -0.1) is 0 Å². The van der Waals surface area contributed by atoms with Crippen LogP contribution in [0.4, 0.5) is 5.69 Å². The van der Waals surface area contributed by atoms with Crippen LogP contribution in [0.5, 0.6) is 0 Å². The number of aromatic nitrogens is 1. The molecule has 2 rings (SSSR count). The molecule has 1 aliphatic rings. The molecule has 1 aromatic heterocycles. The van der Waals surface area contributed by atoms with Gasteiger partial charge in [-0.25, -0.2) is 9.78 Å². The van der Waals surface area contributed by atoms with Gasteiger partial charge in [0.2, 0.25) is 0 Å². The number of anilines is 1. The Morgan fingerprint density at radius 2 is 2.20 bits per heavy atom. The minimum absolute atomic E-state index is 0.111. The summed E-state index contributed by atoms with van der Waals surface area (Å²) in [5.74, 6) is -0.989. The van der Waals surface area contributed by atoms with Crippen molar-refractivity contribution < 1.29 is 14.6 Å². The summed E-state index contributed by atoms with van der Waals surface area (Å²) in [6, 6.07) is 3.53. The minimum atomic E-state index is -0.989. The summed E-state index contributed by atoms with van der Waals surface area (Å²) >= 11 is 0. The summed E-state index contributed by atoms with van der Waals surface area (Å²) < 4.78 is 5.21. The Morgan fingerprint density at radius 3 is 2.87 bits per heavy atom. The largest absolute Gasteiger partial charge is 0.476 e. The van der Waals surface area contributed by atoms with Crippen LogP contribution >= 0.6 is 0 Å². The highest BCUT2D eigenvalue weighted by Crippen LogP contribution is 2.19. The van der Waals surface area contributed by atoms with E-state index in [1.807, 2.05) is 4.90 Å². The molecule has 1 saturated heterocycles. The Kier molecular flexibility index (Phi) is 2.82. The summed E-state index contributed by atoms with van der Waals surface area (Å²) in [5, 5.41) is 8.98. The van der Waals surface area contributed by atoms with Gasteiger partial charge >= 0.3 is 5.97 Å². The van der Waals surface area contributed by atoms with Crippen LogP contribution in [0.3, 0.4) is 0 Å². The Hall–Kier alpha value is -1.62. The van der Waals surface area contributed by atoms with Gasteiger partial charge in [0.1, 0.15) is 0 Å². The fourth-order valence-electron chi connectivity index (χ4n) is 1.62. The van der Waals surface area contributed by atoms with Crippen LogP contribution in [0.2, 0.25) is 0 Å². The van der Waals surface area contributed by atoms with Crippen molar-refractivity contribution in [3.8, 4) is 0 Å². The van der Waals surface area contributed by atoms with Gasteiger partial charge < -0.3 is 14.7 Å². The molecular weight excluding hydrogens is 196 g/mol. The van der Waals surface area contributed by atoms with Crippen LogP contribution in [0.25, 0.3) is 0 Å². The molecule has 0 bridgehead atoms. The van der Waals surface area contributed by atoms with E-state index in [-0.39, 0.29) is 5.69 Å². The predicted octanol–water partition coefficient (Wildman–Crippen LogP) is 0.616. The molecule has 1 N–H and O–H groups in total. The van der Waals surface area contributed by atoms with E-state index < -0.39 is 5.97 Å². The zero-order valence-corrected chi connectivity index (χ0v) is 8.22. The number of nitrogens with zero attached hydrogens (tertiary/aromatic N) is 2. The van der Waals surface area contributed by atoms with Crippen LogP contribution in [-0.2, 0) is 4.74 Å². The Morgan fingerprint density at radius 1 is 1.47 bits per heavy atom. The molecule has 0 unspecified atom stereocenters. The smallest absolute Gasteiger partial charge is 0.356 e. The van der Waals surface area contributed by atoms with Gasteiger partial charge in [0.25, 0.3) is 0 Å². The third-order valence-electron chi connectivity index (χ3n) is 2.34. The molecule has 5 nitrogen and oxygen atoms in total. The van der Waals surface area contributed by atoms with Gasteiger partial charge in [0, 0.05) is 19.3 Å². The lowest BCUT2D eigenvalue weighted by atomic mass is 10.2. The topological polar surface area (TPSA) is 62.7 Å². The zero-order chi connectivity index (χ0) is 10.7. The predicted molar refractivity (Wildman–Crippen MR) is 54.2 cm³/mol. The number of hydrogen-bond donors (Lipinski definition) is 1. The molecule has 0 amide bonds. The lowest BCUT2D eigenvalue weighted by molar-refractivity contribution is 0.0690. The molecular formula is C10H12N2O3. The average molecular weight is 208 g/mol. The third-order valence-corrected chi connectivity index (χ3v) is 2.34. The van der Waals surface area contributed by atoms with Crippen molar-refractivity contribution >= 4 is 11.7 Å². The number of pyridine rings is 1. The summed E-state index contributed by atoms with van der Waals surface area (Å²) in [6.07, 6.45) is 1.49. The van der Waals surface area contributed by atoms with E-state index in [1.165, 1.54) is 6.20 Å². The lowest BCUT2D eigenvalue weighted by Gasteiger charge is -2.29. The maximum atomic E-state index is 10.9. The minimum Gasteiger partial charge on any atom is -0.476 e. The van der Waals surface area contributed by atoms with E-state index in [9.17, 15) is 4.79 Å². The summed E-state index contributed by atoms with van der Waals surface area (Å²) in [4.78, 5) is 16.8. The SMILES string of the molecule is O=C(O)c1ncccc1N1CCOCC1. The summed E-state index contributed by atoms with van der Waals surface area (Å²) in [5.41, 5.74) is 0.785. The van der Waals surface area contributed by atoms with Crippen molar-refractivity contribution in [1.29, 1.82) is 0 Å². The molecule has 80 valence electrons. The Balaban J connectivity index is 2.29. The number of morpholine rings is 1. The third kappa shape index (κ3) is 2.07. The molecule has 0 saturated carbocycles. The molecule has 5 heteroatoms. The quantitative estimate of drug-likeness (QED) is 0.771. The normalized spacial score (nSPS) is 16.4. The number of carboxylic acids is 1. The molecule has 2 heterocycles. The highest BCUT2D eigenvalue weighted by Gasteiger charge is 2.18. The molecule has 1 fully saturated rings. The number of hydrogen-bond acceptors (Lipinski definition) is 4. The van der Waals surface area contributed by atoms with E-state index in [2.05, 4.69) is 4.98 Å². The second-order valence-corrected chi connectivity index (χ2v) is 3.28. The second-order valence-electron chi connectivity index (χ2n) is 3.28. The van der Waals surface area contributed by atoms with Gasteiger partial charge in [0.05, 0.1) is 18.9 Å². The first-order valence-corrected chi connectivity index (χ1v) is 4.80. The molecule has 0 atom stereocenters. The molecule has 1 aliphatic heterocycles. The summed E-state index contributed by atoms with van der Waals surface area (Å²) in [6.45, 7) is 2.69. The summed E-state index contributed by atoms with van der Waals surface area (Å²) in [7, 11) is 0. The lowest BCUT2D eigenvalue weighted by Crippen LogP contribution is -2.37. The first-order chi connectivity index (χ1) is 7.29. The first-order valence-electron chi connectivity index (χ1n) is 4.80. The van der Waals surface area contributed by atoms with Crippen molar-refractivity contribution in [1.82, 2.24) is 4.98 Å². The number of aromatic carboxylic acids is 1.